The first-order chi connectivity index (χ1) is 15.7. The van der Waals surface area contributed by atoms with E-state index >= 15 is 0 Å². The summed E-state index contributed by atoms with van der Waals surface area (Å²) in [5.74, 6) is 0.293. The van der Waals surface area contributed by atoms with Gasteiger partial charge in [0.05, 0.1) is 12.8 Å². The predicted octanol–water partition coefficient (Wildman–Crippen LogP) is 6.49. The Kier molecular flexibility index (Phi) is 11.5. The van der Waals surface area contributed by atoms with Crippen molar-refractivity contribution in [3.63, 3.8) is 0 Å². The van der Waals surface area contributed by atoms with Crippen LogP contribution in [0.5, 0.6) is 0 Å². The van der Waals surface area contributed by atoms with Gasteiger partial charge >= 0.3 is 0 Å². The summed E-state index contributed by atoms with van der Waals surface area (Å²) in [6.07, 6.45) is 10.5. The molecule has 33 heavy (non-hydrogen) atoms. The van der Waals surface area contributed by atoms with Gasteiger partial charge in [-0.1, -0.05) is 47.9 Å². The maximum Gasteiger partial charge on any atom is 0.146 e. The maximum absolute atomic E-state index is 11.2. The first-order valence-corrected chi connectivity index (χ1v) is 13.0. The molecule has 0 saturated carbocycles. The molecule has 4 nitrogen and oxygen atoms in total. The molecule has 0 bridgehead atoms. The van der Waals surface area contributed by atoms with Crippen molar-refractivity contribution in [2.75, 3.05) is 7.11 Å². The van der Waals surface area contributed by atoms with Crippen molar-refractivity contribution in [1.29, 1.82) is 0 Å². The molecule has 0 radical (unpaired) electrons. The minimum absolute atomic E-state index is 0.0685. The standard InChI is InChI=1S/C28H43NO3S/c1-19(2)10-7-11-20(3)12-8-13-21(4)15-16-24-22(5)26(30)28(32-6)25(27(24)31)29-18-23-14-9-17-33-23/h9-10,12,14-15,17,22,24,26-27,29-31H,7-8,11,13,16,18H2,1-6H3/b20-12+,21-15+/t22-,24-,26?,27-/m0/s1. The molecule has 0 aliphatic heterocycles. The molecule has 0 aromatic carbocycles. The van der Waals surface area contributed by atoms with Crippen LogP contribution in [0.15, 0.2) is 63.9 Å². The van der Waals surface area contributed by atoms with Gasteiger partial charge in [-0.05, 0) is 83.1 Å². The van der Waals surface area contributed by atoms with Gasteiger partial charge in [0, 0.05) is 11.4 Å². The second-order valence-corrected chi connectivity index (χ2v) is 10.6. The first-order valence-electron chi connectivity index (χ1n) is 12.1. The van der Waals surface area contributed by atoms with E-state index in [-0.39, 0.29) is 11.8 Å². The second-order valence-electron chi connectivity index (χ2n) is 9.52. The average Bonchev–Trinajstić information content (AvgIpc) is 3.28. The van der Waals surface area contributed by atoms with Gasteiger partial charge in [0.25, 0.3) is 0 Å². The van der Waals surface area contributed by atoms with Crippen LogP contribution in [0, 0.1) is 11.8 Å². The van der Waals surface area contributed by atoms with Gasteiger partial charge in [0.1, 0.15) is 18.0 Å². The van der Waals surface area contributed by atoms with E-state index in [1.165, 1.54) is 21.6 Å². The number of methoxy groups -OCH3 is 1. The highest BCUT2D eigenvalue weighted by Gasteiger charge is 2.41. The minimum atomic E-state index is -0.727. The molecule has 3 N–H and O–H groups in total. The Morgan fingerprint density at radius 1 is 1.03 bits per heavy atom. The summed E-state index contributed by atoms with van der Waals surface area (Å²) in [7, 11) is 1.56. The molecule has 0 saturated heterocycles. The van der Waals surface area contributed by atoms with Crippen molar-refractivity contribution < 1.29 is 14.9 Å². The zero-order chi connectivity index (χ0) is 24.4. The Morgan fingerprint density at radius 3 is 2.30 bits per heavy atom. The van der Waals surface area contributed by atoms with E-state index in [0.717, 1.165) is 32.1 Å². The Hall–Kier alpha value is -1.82. The molecule has 5 heteroatoms. The number of allylic oxidation sites excluding steroid dienone is 6. The number of nitrogens with one attached hydrogen (secondary N) is 1. The van der Waals surface area contributed by atoms with E-state index in [1.807, 2.05) is 18.4 Å². The van der Waals surface area contributed by atoms with Crippen LogP contribution in [0.2, 0.25) is 0 Å². The SMILES string of the molecule is COC1=C(NCc2cccs2)[C@@H](O)[C@@H](C/C=C(\C)CC/C=C(\C)CCC=C(C)C)[C@H](C)C1O. The molecule has 0 fully saturated rings. The second kappa shape index (κ2) is 13.8. The lowest BCUT2D eigenvalue weighted by Gasteiger charge is -2.39. The van der Waals surface area contributed by atoms with Crippen molar-refractivity contribution in [3.8, 4) is 0 Å². The number of ether oxygens (including phenoxy) is 1. The minimum Gasteiger partial charge on any atom is -0.496 e. The molecule has 2 rings (SSSR count). The van der Waals surface area contributed by atoms with Crippen molar-refractivity contribution >= 4 is 11.3 Å². The normalized spacial score (nSPS) is 24.1. The number of aliphatic hydroxyl groups is 2. The monoisotopic (exact) mass is 473 g/mol. The fourth-order valence-corrected chi connectivity index (χ4v) is 4.96. The fourth-order valence-electron chi connectivity index (χ4n) is 4.32. The molecule has 0 amide bonds. The summed E-state index contributed by atoms with van der Waals surface area (Å²) in [6.45, 7) is 11.3. The molecule has 184 valence electrons. The van der Waals surface area contributed by atoms with Crippen LogP contribution in [0.1, 0.15) is 71.6 Å². The zero-order valence-corrected chi connectivity index (χ0v) is 22.0. The smallest absolute Gasteiger partial charge is 0.146 e. The molecule has 1 aromatic heterocycles. The van der Waals surface area contributed by atoms with Gasteiger partial charge in [-0.2, -0.15) is 0 Å². The lowest BCUT2D eigenvalue weighted by molar-refractivity contribution is -0.00927. The molecule has 1 aliphatic carbocycles. The lowest BCUT2D eigenvalue weighted by Crippen LogP contribution is -2.45. The van der Waals surface area contributed by atoms with E-state index in [0.29, 0.717) is 18.0 Å². The summed E-state index contributed by atoms with van der Waals surface area (Å²) >= 11 is 1.67. The van der Waals surface area contributed by atoms with Crippen LogP contribution in [-0.2, 0) is 11.3 Å². The molecular weight excluding hydrogens is 430 g/mol. The highest BCUT2D eigenvalue weighted by Crippen LogP contribution is 2.37. The Labute approximate surface area is 204 Å². The van der Waals surface area contributed by atoms with Gasteiger partial charge in [0.2, 0.25) is 0 Å². The number of aliphatic hydroxyl groups excluding tert-OH is 2. The molecule has 1 heterocycles. The summed E-state index contributed by atoms with van der Waals surface area (Å²) in [5.41, 5.74) is 4.76. The molecule has 4 atom stereocenters. The highest BCUT2D eigenvalue weighted by atomic mass is 32.1. The van der Waals surface area contributed by atoms with Crippen LogP contribution >= 0.6 is 11.3 Å². The quantitative estimate of drug-likeness (QED) is 0.304. The molecule has 1 unspecified atom stereocenters. The zero-order valence-electron chi connectivity index (χ0n) is 21.2. The highest BCUT2D eigenvalue weighted by molar-refractivity contribution is 7.09. The average molecular weight is 474 g/mol. The number of thiophene rings is 1. The fraction of sp³-hybridized carbons (Fsp3) is 0.571. The van der Waals surface area contributed by atoms with Gasteiger partial charge in [0.15, 0.2) is 0 Å². The van der Waals surface area contributed by atoms with Gasteiger partial charge < -0.3 is 20.3 Å². The predicted molar refractivity (Wildman–Crippen MR) is 140 cm³/mol. The van der Waals surface area contributed by atoms with Gasteiger partial charge in [-0.3, -0.25) is 0 Å². The first kappa shape index (κ1) is 27.4. The van der Waals surface area contributed by atoms with E-state index in [4.69, 9.17) is 4.74 Å². The van der Waals surface area contributed by atoms with Crippen molar-refractivity contribution in [2.24, 2.45) is 11.8 Å². The Morgan fingerprint density at radius 2 is 1.70 bits per heavy atom. The summed E-state index contributed by atoms with van der Waals surface area (Å²) in [5, 5.41) is 27.4. The van der Waals surface area contributed by atoms with Crippen molar-refractivity contribution in [2.45, 2.75) is 85.5 Å². The van der Waals surface area contributed by atoms with Crippen LogP contribution in [0.3, 0.4) is 0 Å². The lowest BCUT2D eigenvalue weighted by atomic mass is 9.75. The molecule has 1 aliphatic rings. The molecule has 0 spiro atoms. The van der Waals surface area contributed by atoms with Crippen molar-refractivity contribution in [3.05, 3.63) is 68.8 Å². The summed E-state index contributed by atoms with van der Waals surface area (Å²) in [6, 6.07) is 4.07. The summed E-state index contributed by atoms with van der Waals surface area (Å²) < 4.78 is 5.50. The third kappa shape index (κ3) is 8.47. The number of hydrogen-bond donors (Lipinski definition) is 3. The van der Waals surface area contributed by atoms with E-state index in [1.54, 1.807) is 18.4 Å². The van der Waals surface area contributed by atoms with E-state index < -0.39 is 12.2 Å². The van der Waals surface area contributed by atoms with Crippen LogP contribution in [0.25, 0.3) is 0 Å². The van der Waals surface area contributed by atoms with Gasteiger partial charge in [-0.15, -0.1) is 11.3 Å². The number of rotatable bonds is 12. The topological polar surface area (TPSA) is 61.7 Å². The Bertz CT molecular complexity index is 847. The van der Waals surface area contributed by atoms with Gasteiger partial charge in [-0.25, -0.2) is 0 Å². The third-order valence-corrected chi connectivity index (χ3v) is 7.40. The maximum atomic E-state index is 11.2. The summed E-state index contributed by atoms with van der Waals surface area (Å²) in [4.78, 5) is 1.18. The molecular formula is C28H43NO3S. The van der Waals surface area contributed by atoms with E-state index in [9.17, 15) is 10.2 Å². The van der Waals surface area contributed by atoms with Crippen LogP contribution in [0.4, 0.5) is 0 Å². The van der Waals surface area contributed by atoms with Crippen LogP contribution in [-0.4, -0.2) is 29.5 Å². The third-order valence-electron chi connectivity index (χ3n) is 6.52. The largest absolute Gasteiger partial charge is 0.496 e. The van der Waals surface area contributed by atoms with E-state index in [2.05, 4.69) is 57.3 Å². The van der Waals surface area contributed by atoms with Crippen LogP contribution < -0.4 is 5.32 Å². The number of hydrogen-bond acceptors (Lipinski definition) is 5. The Balaban J connectivity index is 1.97. The van der Waals surface area contributed by atoms with Crippen molar-refractivity contribution in [1.82, 2.24) is 5.32 Å². The molecule has 1 aromatic rings.